The van der Waals surface area contributed by atoms with Crippen molar-refractivity contribution in [2.75, 3.05) is 18.8 Å². The van der Waals surface area contributed by atoms with E-state index in [2.05, 4.69) is 81.9 Å². The van der Waals surface area contributed by atoms with Crippen LogP contribution < -0.4 is 5.32 Å². The van der Waals surface area contributed by atoms with Crippen LogP contribution in [0.15, 0.2) is 91.0 Å². The Morgan fingerprint density at radius 1 is 0.932 bits per heavy atom. The van der Waals surface area contributed by atoms with E-state index in [4.69, 9.17) is 0 Å². The van der Waals surface area contributed by atoms with E-state index in [1.54, 1.807) is 0 Å². The standard InChI is InChI=1S/C35H38N6O2S/c1-2-3-15-33(42)41(21-20-36-35(43)29(24-44)22-28-11-8-10-26-9-4-5-12-30(26)28)23-25-16-18-27(19-17-25)31-13-6-7-14-32(31)34-37-39-40-38-34/h4-14,16-19,29,44H,2-3,15,20-24H2,1H3,(H,36,43)(H,37,38,39,40). The van der Waals surface area contributed by atoms with Gasteiger partial charge in [-0.05, 0) is 51.1 Å². The molecule has 0 aliphatic rings. The number of nitrogens with zero attached hydrogens (tertiary/aromatic N) is 4. The Morgan fingerprint density at radius 2 is 1.68 bits per heavy atom. The van der Waals surface area contributed by atoms with Gasteiger partial charge in [0.25, 0.3) is 0 Å². The van der Waals surface area contributed by atoms with Crippen molar-refractivity contribution >= 4 is 35.2 Å². The predicted octanol–water partition coefficient (Wildman–Crippen LogP) is 6.11. The van der Waals surface area contributed by atoms with E-state index in [1.165, 1.54) is 0 Å². The Kier molecular flexibility index (Phi) is 10.8. The van der Waals surface area contributed by atoms with Gasteiger partial charge in [-0.3, -0.25) is 9.59 Å². The van der Waals surface area contributed by atoms with Crippen molar-refractivity contribution in [3.05, 3.63) is 102 Å². The summed E-state index contributed by atoms with van der Waals surface area (Å²) in [5.41, 5.74) is 5.07. The van der Waals surface area contributed by atoms with Crippen molar-refractivity contribution in [3.8, 4) is 22.5 Å². The Morgan fingerprint density at radius 3 is 2.43 bits per heavy atom. The highest BCUT2D eigenvalue weighted by atomic mass is 32.1. The van der Waals surface area contributed by atoms with E-state index in [-0.39, 0.29) is 17.7 Å². The average molecular weight is 607 g/mol. The SMILES string of the molecule is CCCCC(=O)N(CCNC(=O)C(CS)Cc1cccc2ccccc12)Cc1ccc(-c2ccccc2-c2nn[nH]n2)cc1. The molecule has 226 valence electrons. The molecule has 1 atom stereocenters. The molecule has 5 aromatic rings. The molecule has 0 saturated carbocycles. The number of tetrazole rings is 1. The Hall–Kier alpha value is -4.50. The first-order chi connectivity index (χ1) is 21.6. The van der Waals surface area contributed by atoms with Crippen molar-refractivity contribution in [1.82, 2.24) is 30.8 Å². The number of benzene rings is 4. The van der Waals surface area contributed by atoms with Gasteiger partial charge < -0.3 is 10.2 Å². The minimum atomic E-state index is -0.267. The van der Waals surface area contributed by atoms with Crippen LogP contribution in [0, 0.1) is 5.92 Å². The number of thiol groups is 1. The number of carbonyl (C=O) groups is 2. The number of H-pyrrole nitrogens is 1. The summed E-state index contributed by atoms with van der Waals surface area (Å²) in [6.45, 7) is 3.37. The summed E-state index contributed by atoms with van der Waals surface area (Å²) >= 11 is 4.50. The molecule has 2 N–H and O–H groups in total. The molecule has 9 heteroatoms. The van der Waals surface area contributed by atoms with E-state index in [9.17, 15) is 9.59 Å². The second-order valence-electron chi connectivity index (χ2n) is 10.9. The van der Waals surface area contributed by atoms with Crippen LogP contribution in [-0.2, 0) is 22.6 Å². The highest BCUT2D eigenvalue weighted by Gasteiger charge is 2.20. The maximum absolute atomic E-state index is 13.2. The second-order valence-corrected chi connectivity index (χ2v) is 11.3. The molecule has 44 heavy (non-hydrogen) atoms. The smallest absolute Gasteiger partial charge is 0.224 e. The molecule has 0 bridgehead atoms. The first kappa shape index (κ1) is 30.9. The van der Waals surface area contributed by atoms with E-state index in [0.29, 0.717) is 44.1 Å². The third-order valence-corrected chi connectivity index (χ3v) is 8.31. The van der Waals surface area contributed by atoms with E-state index >= 15 is 0 Å². The van der Waals surface area contributed by atoms with Crippen molar-refractivity contribution < 1.29 is 9.59 Å². The molecule has 8 nitrogen and oxygen atoms in total. The quantitative estimate of drug-likeness (QED) is 0.132. The lowest BCUT2D eigenvalue weighted by atomic mass is 9.95. The zero-order chi connectivity index (χ0) is 30.7. The fraction of sp³-hybridized carbons (Fsp3) is 0.286. The molecule has 1 heterocycles. The van der Waals surface area contributed by atoms with Gasteiger partial charge in [0, 0.05) is 37.4 Å². The maximum atomic E-state index is 13.2. The number of fused-ring (bicyclic) bond motifs is 1. The Balaban J connectivity index is 1.23. The summed E-state index contributed by atoms with van der Waals surface area (Å²) in [6.07, 6.45) is 2.88. The van der Waals surface area contributed by atoms with Crippen molar-refractivity contribution in [2.24, 2.45) is 5.92 Å². The largest absolute Gasteiger partial charge is 0.354 e. The lowest BCUT2D eigenvalue weighted by molar-refractivity contribution is -0.132. The number of rotatable bonds is 14. The fourth-order valence-electron chi connectivity index (χ4n) is 5.43. The number of nitrogens with one attached hydrogen (secondary N) is 2. The molecule has 1 unspecified atom stereocenters. The Bertz CT molecular complexity index is 1670. The summed E-state index contributed by atoms with van der Waals surface area (Å²) in [7, 11) is 0. The molecule has 4 aromatic carbocycles. The van der Waals surface area contributed by atoms with Gasteiger partial charge in [-0.2, -0.15) is 17.8 Å². The number of carbonyl (C=O) groups excluding carboxylic acids is 2. The summed E-state index contributed by atoms with van der Waals surface area (Å²) in [6, 6.07) is 30.5. The molecule has 0 fully saturated rings. The monoisotopic (exact) mass is 606 g/mol. The first-order valence-electron chi connectivity index (χ1n) is 15.1. The Labute approximate surface area is 263 Å². The molecule has 5 rings (SSSR count). The van der Waals surface area contributed by atoms with Crippen LogP contribution in [0.1, 0.15) is 37.3 Å². The summed E-state index contributed by atoms with van der Waals surface area (Å²) in [5.74, 6) is 0.761. The van der Waals surface area contributed by atoms with Crippen molar-refractivity contribution in [1.29, 1.82) is 0 Å². The number of hydrogen-bond donors (Lipinski definition) is 3. The van der Waals surface area contributed by atoms with Crippen LogP contribution in [0.5, 0.6) is 0 Å². The van der Waals surface area contributed by atoms with Gasteiger partial charge in [0.1, 0.15) is 0 Å². The molecular formula is C35H38N6O2S. The molecule has 0 spiro atoms. The van der Waals surface area contributed by atoms with E-state index in [1.807, 2.05) is 59.5 Å². The fourth-order valence-corrected chi connectivity index (χ4v) is 5.72. The predicted molar refractivity (Wildman–Crippen MR) is 178 cm³/mol. The van der Waals surface area contributed by atoms with Gasteiger partial charge in [-0.15, -0.1) is 10.2 Å². The summed E-state index contributed by atoms with van der Waals surface area (Å²) in [4.78, 5) is 28.2. The minimum absolute atomic E-state index is 0.0430. The zero-order valence-corrected chi connectivity index (χ0v) is 25.8. The van der Waals surface area contributed by atoms with Crippen LogP contribution in [0.4, 0.5) is 0 Å². The second kappa shape index (κ2) is 15.3. The topological polar surface area (TPSA) is 104 Å². The average Bonchev–Trinajstić information content (AvgIpc) is 3.61. The molecule has 0 aliphatic carbocycles. The van der Waals surface area contributed by atoms with Crippen molar-refractivity contribution in [2.45, 2.75) is 39.2 Å². The number of unbranched alkanes of at least 4 members (excludes halogenated alkanes) is 1. The molecule has 0 saturated heterocycles. The van der Waals surface area contributed by atoms with Gasteiger partial charge >= 0.3 is 0 Å². The third-order valence-electron chi connectivity index (χ3n) is 7.87. The molecular weight excluding hydrogens is 568 g/mol. The number of aromatic nitrogens is 4. The van der Waals surface area contributed by atoms with E-state index in [0.717, 1.165) is 51.4 Å². The third kappa shape index (κ3) is 7.71. The summed E-state index contributed by atoms with van der Waals surface area (Å²) < 4.78 is 0. The minimum Gasteiger partial charge on any atom is -0.354 e. The molecule has 0 radical (unpaired) electrons. The lowest BCUT2D eigenvalue weighted by Crippen LogP contribution is -2.40. The van der Waals surface area contributed by atoms with Gasteiger partial charge in [0.2, 0.25) is 17.6 Å². The first-order valence-corrected chi connectivity index (χ1v) is 15.8. The van der Waals surface area contributed by atoms with Crippen molar-refractivity contribution in [3.63, 3.8) is 0 Å². The van der Waals surface area contributed by atoms with Gasteiger partial charge in [-0.1, -0.05) is 104 Å². The molecule has 2 amide bonds. The number of aromatic amines is 1. The van der Waals surface area contributed by atoms with Crippen LogP contribution in [0.25, 0.3) is 33.3 Å². The highest BCUT2D eigenvalue weighted by molar-refractivity contribution is 7.80. The summed E-state index contributed by atoms with van der Waals surface area (Å²) in [5, 5.41) is 19.9. The van der Waals surface area contributed by atoms with Crippen LogP contribution in [0.3, 0.4) is 0 Å². The van der Waals surface area contributed by atoms with Crippen LogP contribution in [-0.4, -0.2) is 56.2 Å². The van der Waals surface area contributed by atoms with Crippen LogP contribution >= 0.6 is 12.6 Å². The van der Waals surface area contributed by atoms with Gasteiger partial charge in [0.05, 0.1) is 5.92 Å². The lowest BCUT2D eigenvalue weighted by Gasteiger charge is -2.24. The van der Waals surface area contributed by atoms with E-state index < -0.39 is 0 Å². The zero-order valence-electron chi connectivity index (χ0n) is 24.9. The molecule has 0 aliphatic heterocycles. The number of amides is 2. The van der Waals surface area contributed by atoms with Gasteiger partial charge in [-0.25, -0.2) is 0 Å². The number of hydrogen-bond acceptors (Lipinski definition) is 6. The normalized spacial score (nSPS) is 11.8. The maximum Gasteiger partial charge on any atom is 0.224 e. The van der Waals surface area contributed by atoms with Gasteiger partial charge in [0.15, 0.2) is 0 Å². The highest BCUT2D eigenvalue weighted by Crippen LogP contribution is 2.30. The van der Waals surface area contributed by atoms with Crippen LogP contribution in [0.2, 0.25) is 0 Å². The molecule has 1 aromatic heterocycles.